The highest BCUT2D eigenvalue weighted by Gasteiger charge is 2.30. The molecular formula is C16H15N3O3S. The lowest BCUT2D eigenvalue weighted by atomic mass is 10.1. The minimum atomic E-state index is -3.70. The number of rotatable bonds is 2. The summed E-state index contributed by atoms with van der Waals surface area (Å²) in [6, 6.07) is 15.8. The number of benzene rings is 2. The van der Waals surface area contributed by atoms with Crippen LogP contribution in [0.25, 0.3) is 0 Å². The Morgan fingerprint density at radius 1 is 1.09 bits per heavy atom. The number of amidine groups is 1. The number of fused-ring (bicyclic) bond motifs is 1. The van der Waals surface area contributed by atoms with Crippen molar-refractivity contribution < 1.29 is 13.2 Å². The molecule has 1 aliphatic rings. The van der Waals surface area contributed by atoms with Gasteiger partial charge in [0.1, 0.15) is 4.90 Å². The molecule has 7 heteroatoms. The van der Waals surface area contributed by atoms with E-state index < -0.39 is 10.0 Å². The van der Waals surface area contributed by atoms with Crippen molar-refractivity contribution >= 4 is 21.8 Å². The third kappa shape index (κ3) is 3.09. The predicted octanol–water partition coefficient (Wildman–Crippen LogP) is 1.34. The van der Waals surface area contributed by atoms with E-state index in [9.17, 15) is 13.2 Å². The molecule has 0 saturated heterocycles. The normalized spacial score (nSPS) is 14.7. The summed E-state index contributed by atoms with van der Waals surface area (Å²) in [4.78, 5) is 12.2. The Kier molecular flexibility index (Phi) is 3.87. The van der Waals surface area contributed by atoms with Crippen molar-refractivity contribution in [2.45, 2.75) is 11.3 Å². The number of sulfonamides is 1. The maximum Gasteiger partial charge on any atom is 0.285 e. The van der Waals surface area contributed by atoms with Crippen LogP contribution in [0.1, 0.15) is 11.1 Å². The van der Waals surface area contributed by atoms with Gasteiger partial charge in [-0.3, -0.25) is 15.2 Å². The molecule has 0 saturated carbocycles. The highest BCUT2D eigenvalue weighted by atomic mass is 32.2. The molecule has 2 aromatic rings. The summed E-state index contributed by atoms with van der Waals surface area (Å²) in [5, 5.41) is 1.34. The fourth-order valence-corrected chi connectivity index (χ4v) is 3.63. The fraction of sp³-hybridized carbons (Fsp3) is 0.125. The maximum atomic E-state index is 12.1. The first-order valence-electron chi connectivity index (χ1n) is 6.99. The molecule has 6 nitrogen and oxygen atoms in total. The number of carbonyl (C=O) groups is 1. The molecule has 2 aromatic carbocycles. The van der Waals surface area contributed by atoms with Gasteiger partial charge in [0.15, 0.2) is 5.84 Å². The smallest absolute Gasteiger partial charge is 0.273 e. The number of hydrogen-bond acceptors (Lipinski definition) is 4. The van der Waals surface area contributed by atoms with E-state index in [1.807, 2.05) is 30.3 Å². The summed E-state index contributed by atoms with van der Waals surface area (Å²) in [7, 11) is -2.13. The van der Waals surface area contributed by atoms with Crippen LogP contribution in [-0.2, 0) is 21.2 Å². The molecule has 23 heavy (non-hydrogen) atoms. The largest absolute Gasteiger partial charge is 0.285 e. The van der Waals surface area contributed by atoms with Gasteiger partial charge in [-0.25, -0.2) is 0 Å². The van der Waals surface area contributed by atoms with E-state index in [1.165, 1.54) is 11.1 Å². The van der Waals surface area contributed by atoms with E-state index in [4.69, 9.17) is 0 Å². The maximum absolute atomic E-state index is 12.1. The van der Waals surface area contributed by atoms with Crippen molar-refractivity contribution in [1.29, 1.82) is 0 Å². The van der Waals surface area contributed by atoms with Crippen LogP contribution in [-0.4, -0.2) is 32.2 Å². The van der Waals surface area contributed by atoms with Crippen LogP contribution < -0.4 is 5.43 Å². The van der Waals surface area contributed by atoms with E-state index in [2.05, 4.69) is 9.82 Å². The van der Waals surface area contributed by atoms with Gasteiger partial charge in [0.05, 0.1) is 6.42 Å². The Morgan fingerprint density at radius 2 is 1.74 bits per heavy atom. The third-order valence-electron chi connectivity index (χ3n) is 3.43. The van der Waals surface area contributed by atoms with Crippen molar-refractivity contribution in [3.05, 3.63) is 65.7 Å². The van der Waals surface area contributed by atoms with Crippen molar-refractivity contribution in [2.24, 2.45) is 4.40 Å². The van der Waals surface area contributed by atoms with Crippen LogP contribution in [0.15, 0.2) is 63.9 Å². The zero-order valence-electron chi connectivity index (χ0n) is 12.4. The van der Waals surface area contributed by atoms with Crippen LogP contribution in [0.4, 0.5) is 0 Å². The molecule has 118 valence electrons. The summed E-state index contributed by atoms with van der Waals surface area (Å²) >= 11 is 0. The van der Waals surface area contributed by atoms with E-state index in [0.717, 1.165) is 5.56 Å². The Labute approximate surface area is 134 Å². The lowest BCUT2D eigenvalue weighted by Crippen LogP contribution is -2.44. The molecule has 1 N–H and O–H groups in total. The highest BCUT2D eigenvalue weighted by Crippen LogP contribution is 2.26. The van der Waals surface area contributed by atoms with E-state index in [-0.39, 0.29) is 23.1 Å². The quantitative estimate of drug-likeness (QED) is 0.844. The van der Waals surface area contributed by atoms with Crippen LogP contribution in [0, 0.1) is 0 Å². The van der Waals surface area contributed by atoms with Crippen LogP contribution in [0.3, 0.4) is 0 Å². The first kappa shape index (κ1) is 15.2. The topological polar surface area (TPSA) is 78.8 Å². The molecule has 0 aliphatic carbocycles. The summed E-state index contributed by atoms with van der Waals surface area (Å²) in [5.74, 6) is -0.0369. The van der Waals surface area contributed by atoms with Gasteiger partial charge in [-0.15, -0.1) is 4.40 Å². The molecule has 0 atom stereocenters. The van der Waals surface area contributed by atoms with Crippen molar-refractivity contribution in [3.63, 3.8) is 0 Å². The molecule has 0 bridgehead atoms. The van der Waals surface area contributed by atoms with Gasteiger partial charge in [0.2, 0.25) is 5.91 Å². The Balaban J connectivity index is 1.77. The van der Waals surface area contributed by atoms with Crippen molar-refractivity contribution in [3.8, 4) is 0 Å². The minimum Gasteiger partial charge on any atom is -0.273 e. The Morgan fingerprint density at radius 3 is 2.48 bits per heavy atom. The number of hydrogen-bond donors (Lipinski definition) is 1. The number of nitrogens with zero attached hydrogens (tertiary/aromatic N) is 2. The molecule has 0 fully saturated rings. The molecule has 3 rings (SSSR count). The molecule has 1 aliphatic heterocycles. The minimum absolute atomic E-state index is 0.152. The van der Waals surface area contributed by atoms with Gasteiger partial charge in [-0.1, -0.05) is 42.5 Å². The third-order valence-corrected chi connectivity index (χ3v) is 4.76. The standard InChI is InChI=1S/C16H15N3O3S/c1-19(17-15(20)11-12-7-3-2-4-8-12)16-13-9-5-6-10-14(13)23(21,22)18-16/h2-10H,11H2,1H3,(H,17,20). The van der Waals surface area contributed by atoms with Gasteiger partial charge in [-0.2, -0.15) is 8.42 Å². The van der Waals surface area contributed by atoms with Crippen LogP contribution in [0.2, 0.25) is 0 Å². The second-order valence-electron chi connectivity index (χ2n) is 5.14. The van der Waals surface area contributed by atoms with E-state index in [0.29, 0.717) is 5.56 Å². The van der Waals surface area contributed by atoms with E-state index in [1.54, 1.807) is 25.2 Å². The highest BCUT2D eigenvalue weighted by molar-refractivity contribution is 7.90. The first-order valence-corrected chi connectivity index (χ1v) is 8.43. The fourth-order valence-electron chi connectivity index (χ4n) is 2.39. The van der Waals surface area contributed by atoms with Gasteiger partial charge < -0.3 is 0 Å². The molecule has 0 aromatic heterocycles. The average Bonchev–Trinajstić information content (AvgIpc) is 2.80. The zero-order chi connectivity index (χ0) is 16.4. The summed E-state index contributed by atoms with van der Waals surface area (Å²) in [5.41, 5.74) is 4.00. The Bertz CT molecular complexity index is 876. The Hall–Kier alpha value is -2.67. The van der Waals surface area contributed by atoms with Crippen molar-refractivity contribution in [1.82, 2.24) is 10.4 Å². The first-order chi connectivity index (χ1) is 11.0. The van der Waals surface area contributed by atoms with Crippen LogP contribution in [0.5, 0.6) is 0 Å². The number of hydrazine groups is 1. The lowest BCUT2D eigenvalue weighted by Gasteiger charge is -2.20. The van der Waals surface area contributed by atoms with Gasteiger partial charge in [0, 0.05) is 12.6 Å². The van der Waals surface area contributed by atoms with Crippen LogP contribution >= 0.6 is 0 Å². The second-order valence-corrected chi connectivity index (χ2v) is 6.72. The molecule has 1 amide bonds. The van der Waals surface area contributed by atoms with E-state index >= 15 is 0 Å². The number of nitrogens with one attached hydrogen (secondary N) is 1. The van der Waals surface area contributed by atoms with Crippen molar-refractivity contribution in [2.75, 3.05) is 7.05 Å². The molecule has 0 radical (unpaired) electrons. The molecular weight excluding hydrogens is 314 g/mol. The van der Waals surface area contributed by atoms with Gasteiger partial charge in [0.25, 0.3) is 10.0 Å². The lowest BCUT2D eigenvalue weighted by molar-refractivity contribution is -0.123. The number of amides is 1. The van der Waals surface area contributed by atoms with Gasteiger partial charge in [-0.05, 0) is 17.7 Å². The molecule has 0 spiro atoms. The molecule has 1 heterocycles. The van der Waals surface area contributed by atoms with Gasteiger partial charge >= 0.3 is 0 Å². The zero-order valence-corrected chi connectivity index (χ0v) is 13.2. The summed E-state index contributed by atoms with van der Waals surface area (Å²) in [6.07, 6.45) is 0.201. The monoisotopic (exact) mass is 329 g/mol. The SMILES string of the molecule is CN(NC(=O)Cc1ccccc1)C1=NS(=O)(=O)c2ccccc21. The predicted molar refractivity (Wildman–Crippen MR) is 86.2 cm³/mol. The number of carbonyl (C=O) groups excluding carboxylic acids is 1. The second kappa shape index (κ2) is 5.85. The average molecular weight is 329 g/mol. The summed E-state index contributed by atoms with van der Waals surface area (Å²) in [6.45, 7) is 0. The summed E-state index contributed by atoms with van der Waals surface area (Å²) < 4.78 is 27.8. The molecule has 0 unspecified atom stereocenters.